The van der Waals surface area contributed by atoms with E-state index in [1.165, 1.54) is 0 Å². The second-order valence-electron chi connectivity index (χ2n) is 9.99. The molecule has 35 heavy (non-hydrogen) atoms. The summed E-state index contributed by atoms with van der Waals surface area (Å²) in [5.41, 5.74) is 4.12. The first-order chi connectivity index (χ1) is 16.8. The van der Waals surface area contributed by atoms with Crippen molar-refractivity contribution in [1.82, 2.24) is 25.2 Å². The summed E-state index contributed by atoms with van der Waals surface area (Å²) in [6, 6.07) is 7.62. The lowest BCUT2D eigenvalue weighted by molar-refractivity contribution is -0.0367. The summed E-state index contributed by atoms with van der Waals surface area (Å²) in [5, 5.41) is 12.8. The number of hydrogen-bond donors (Lipinski definition) is 3. The summed E-state index contributed by atoms with van der Waals surface area (Å²) in [6.45, 7) is 8.05. The van der Waals surface area contributed by atoms with E-state index in [1.54, 1.807) is 19.2 Å². The second kappa shape index (κ2) is 9.39. The van der Waals surface area contributed by atoms with E-state index in [-0.39, 0.29) is 17.5 Å². The lowest BCUT2D eigenvalue weighted by atomic mass is 9.77. The molecule has 1 amide bonds. The Kier molecular flexibility index (Phi) is 6.29. The number of aryl methyl sites for hydroxylation is 1. The van der Waals surface area contributed by atoms with Gasteiger partial charge in [0.1, 0.15) is 5.69 Å². The van der Waals surface area contributed by atoms with Crippen LogP contribution >= 0.6 is 0 Å². The Morgan fingerprint density at radius 1 is 1.17 bits per heavy atom. The first kappa shape index (κ1) is 23.4. The van der Waals surface area contributed by atoms with Crippen molar-refractivity contribution in [2.45, 2.75) is 51.3 Å². The van der Waals surface area contributed by atoms with E-state index in [4.69, 9.17) is 0 Å². The third-order valence-corrected chi connectivity index (χ3v) is 7.04. The average molecular weight is 477 g/mol. The summed E-state index contributed by atoms with van der Waals surface area (Å²) >= 11 is 0. The Labute approximate surface area is 204 Å². The summed E-state index contributed by atoms with van der Waals surface area (Å²) in [4.78, 5) is 41.1. The van der Waals surface area contributed by atoms with Gasteiger partial charge in [0.05, 0.1) is 28.5 Å². The maximum absolute atomic E-state index is 12.4. The number of piperazine rings is 1. The standard InChI is InChI=1S/C26H32N6O3/c1-3-18-11-22-23(30-24(18)33)10-17(14-27-22)16-31-6-8-32(9-7-31)20-4-5-21(28-15-20)25(34)29-19-12-26(2,35)13-19/h4-5,10-11,14-15,19,35H,3,6-9,12-13,16H2,1-2H3,(H,29,34)(H,30,33)/t19-,26-. The monoisotopic (exact) mass is 476 g/mol. The van der Waals surface area contributed by atoms with Gasteiger partial charge >= 0.3 is 0 Å². The molecule has 3 aromatic rings. The fourth-order valence-corrected chi connectivity index (χ4v) is 5.01. The Bertz CT molecular complexity index is 1270. The van der Waals surface area contributed by atoms with E-state index in [2.05, 4.69) is 30.1 Å². The number of rotatable bonds is 6. The molecule has 3 aromatic heterocycles. The zero-order valence-corrected chi connectivity index (χ0v) is 20.3. The molecule has 4 heterocycles. The van der Waals surface area contributed by atoms with Gasteiger partial charge in [-0.05, 0) is 56.0 Å². The molecule has 9 nitrogen and oxygen atoms in total. The van der Waals surface area contributed by atoms with Gasteiger partial charge in [-0.2, -0.15) is 0 Å². The van der Waals surface area contributed by atoms with Gasteiger partial charge in [-0.15, -0.1) is 0 Å². The highest BCUT2D eigenvalue weighted by molar-refractivity contribution is 5.92. The third-order valence-electron chi connectivity index (χ3n) is 7.04. The van der Waals surface area contributed by atoms with Crippen molar-refractivity contribution in [3.63, 3.8) is 0 Å². The largest absolute Gasteiger partial charge is 0.390 e. The molecule has 0 atom stereocenters. The van der Waals surface area contributed by atoms with Gasteiger partial charge in [0.15, 0.2) is 0 Å². The predicted octanol–water partition coefficient (Wildman–Crippen LogP) is 1.85. The van der Waals surface area contributed by atoms with Gasteiger partial charge < -0.3 is 20.3 Å². The molecule has 0 radical (unpaired) electrons. The maximum atomic E-state index is 12.4. The van der Waals surface area contributed by atoms with Crippen LogP contribution in [0.15, 0.2) is 41.5 Å². The molecule has 184 valence electrons. The van der Waals surface area contributed by atoms with Crippen molar-refractivity contribution < 1.29 is 9.90 Å². The maximum Gasteiger partial charge on any atom is 0.270 e. The van der Waals surface area contributed by atoms with E-state index in [0.29, 0.717) is 25.0 Å². The number of H-pyrrole nitrogens is 1. The molecule has 3 N–H and O–H groups in total. The Hall–Kier alpha value is -3.30. The number of hydrogen-bond acceptors (Lipinski definition) is 7. The minimum Gasteiger partial charge on any atom is -0.390 e. The lowest BCUT2D eigenvalue weighted by Gasteiger charge is -2.41. The predicted molar refractivity (Wildman–Crippen MR) is 135 cm³/mol. The first-order valence-corrected chi connectivity index (χ1v) is 12.3. The van der Waals surface area contributed by atoms with Gasteiger partial charge in [0.2, 0.25) is 0 Å². The first-order valence-electron chi connectivity index (χ1n) is 12.3. The number of anilines is 1. The minimum absolute atomic E-state index is 0.0129. The lowest BCUT2D eigenvalue weighted by Crippen LogP contribution is -2.53. The van der Waals surface area contributed by atoms with E-state index in [1.807, 2.05) is 31.3 Å². The molecule has 0 spiro atoms. The smallest absolute Gasteiger partial charge is 0.270 e. The molecule has 5 rings (SSSR count). The number of fused-ring (bicyclic) bond motifs is 1. The van der Waals surface area contributed by atoms with Gasteiger partial charge in [0, 0.05) is 50.5 Å². The van der Waals surface area contributed by atoms with Gasteiger partial charge in [-0.3, -0.25) is 19.5 Å². The van der Waals surface area contributed by atoms with Crippen LogP contribution < -0.4 is 15.8 Å². The zero-order chi connectivity index (χ0) is 24.6. The fraction of sp³-hybridized carbons (Fsp3) is 0.462. The van der Waals surface area contributed by atoms with E-state index < -0.39 is 5.60 Å². The molecule has 0 unspecified atom stereocenters. The Balaban J connectivity index is 1.15. The van der Waals surface area contributed by atoms with Crippen LogP contribution in [0.1, 0.15) is 48.3 Å². The van der Waals surface area contributed by atoms with Crippen LogP contribution in [-0.2, 0) is 13.0 Å². The minimum atomic E-state index is -0.667. The second-order valence-corrected chi connectivity index (χ2v) is 9.99. The van der Waals surface area contributed by atoms with Gasteiger partial charge in [-0.25, -0.2) is 4.98 Å². The molecule has 2 aliphatic rings. The summed E-state index contributed by atoms with van der Waals surface area (Å²) in [7, 11) is 0. The quantitative estimate of drug-likeness (QED) is 0.497. The van der Waals surface area contributed by atoms with Crippen molar-refractivity contribution in [2.75, 3.05) is 31.1 Å². The average Bonchev–Trinajstić information content (AvgIpc) is 2.83. The molecule has 9 heteroatoms. The fourth-order valence-electron chi connectivity index (χ4n) is 5.01. The normalized spacial score (nSPS) is 22.7. The number of nitrogens with one attached hydrogen (secondary N) is 2. The summed E-state index contributed by atoms with van der Waals surface area (Å²) in [6.07, 6.45) is 5.50. The van der Waals surface area contributed by atoms with Crippen LogP contribution in [0.3, 0.4) is 0 Å². The third kappa shape index (κ3) is 5.21. The molecule has 1 saturated heterocycles. The number of aromatic amines is 1. The van der Waals surface area contributed by atoms with Crippen molar-refractivity contribution in [2.24, 2.45) is 0 Å². The van der Waals surface area contributed by atoms with Crippen molar-refractivity contribution in [1.29, 1.82) is 0 Å². The van der Waals surface area contributed by atoms with Crippen molar-refractivity contribution in [3.8, 4) is 0 Å². The van der Waals surface area contributed by atoms with Crippen molar-refractivity contribution >= 4 is 22.6 Å². The van der Waals surface area contributed by atoms with Gasteiger partial charge in [-0.1, -0.05) is 6.92 Å². The highest BCUT2D eigenvalue weighted by atomic mass is 16.3. The Morgan fingerprint density at radius 2 is 1.94 bits per heavy atom. The zero-order valence-electron chi connectivity index (χ0n) is 20.3. The SMILES string of the molecule is CCc1cc2ncc(CN3CCN(c4ccc(C(=O)N[C@H]5C[C@](C)(O)C5)nc4)CC3)cc2[nH]c1=O. The highest BCUT2D eigenvalue weighted by Gasteiger charge is 2.39. The number of aliphatic hydroxyl groups is 1. The van der Waals surface area contributed by atoms with Crippen LogP contribution in [0.2, 0.25) is 0 Å². The molecule has 0 bridgehead atoms. The molecule has 1 aliphatic carbocycles. The molecular weight excluding hydrogens is 444 g/mol. The van der Waals surface area contributed by atoms with Gasteiger partial charge in [0.25, 0.3) is 11.5 Å². The van der Waals surface area contributed by atoms with E-state index in [9.17, 15) is 14.7 Å². The number of nitrogens with zero attached hydrogens (tertiary/aromatic N) is 4. The highest BCUT2D eigenvalue weighted by Crippen LogP contribution is 2.31. The van der Waals surface area contributed by atoms with Crippen LogP contribution in [0.5, 0.6) is 0 Å². The van der Waals surface area contributed by atoms with Crippen LogP contribution in [0, 0.1) is 0 Å². The number of aromatic nitrogens is 3. The molecular formula is C26H32N6O3. The number of pyridine rings is 3. The van der Waals surface area contributed by atoms with Crippen LogP contribution in [0.25, 0.3) is 11.0 Å². The molecule has 2 fully saturated rings. The molecule has 1 saturated carbocycles. The topological polar surface area (TPSA) is 114 Å². The number of carbonyl (C=O) groups excluding carboxylic acids is 1. The molecule has 1 aliphatic heterocycles. The van der Waals surface area contributed by atoms with E-state index in [0.717, 1.165) is 60.6 Å². The number of amides is 1. The van der Waals surface area contributed by atoms with E-state index >= 15 is 0 Å². The summed E-state index contributed by atoms with van der Waals surface area (Å²) in [5.74, 6) is -0.196. The molecule has 0 aromatic carbocycles. The number of carbonyl (C=O) groups is 1. The Morgan fingerprint density at radius 3 is 2.60 bits per heavy atom. The van der Waals surface area contributed by atoms with Crippen LogP contribution in [0.4, 0.5) is 5.69 Å². The van der Waals surface area contributed by atoms with Crippen molar-refractivity contribution in [3.05, 3.63) is 63.8 Å². The summed E-state index contributed by atoms with van der Waals surface area (Å²) < 4.78 is 0. The van der Waals surface area contributed by atoms with Crippen LogP contribution in [-0.4, -0.2) is 68.7 Å².